The van der Waals surface area contributed by atoms with E-state index in [2.05, 4.69) is 15.0 Å². The molecule has 0 fully saturated rings. The van der Waals surface area contributed by atoms with Gasteiger partial charge in [-0.3, -0.25) is 14.3 Å². The molecule has 2 heterocycles. The van der Waals surface area contributed by atoms with Crippen molar-refractivity contribution in [3.63, 3.8) is 0 Å². The Bertz CT molecular complexity index is 855. The second-order valence-electron chi connectivity index (χ2n) is 4.53. The number of methoxy groups -OCH3 is 1. The SMILES string of the molecule is COc1ccc(Cn2c(N)nc3c(=O)[nH]c(N)nc32)cc1.Cl. The van der Waals surface area contributed by atoms with E-state index in [1.54, 1.807) is 11.7 Å². The zero-order valence-electron chi connectivity index (χ0n) is 11.7. The van der Waals surface area contributed by atoms with Crippen LogP contribution in [0, 0.1) is 0 Å². The minimum Gasteiger partial charge on any atom is -0.497 e. The molecule has 0 bridgehead atoms. The van der Waals surface area contributed by atoms with Crippen LogP contribution in [0.3, 0.4) is 0 Å². The van der Waals surface area contributed by atoms with Crippen LogP contribution < -0.4 is 21.8 Å². The molecule has 5 N–H and O–H groups in total. The maximum absolute atomic E-state index is 11.8. The highest BCUT2D eigenvalue weighted by molar-refractivity contribution is 5.85. The number of hydrogen-bond acceptors (Lipinski definition) is 6. The van der Waals surface area contributed by atoms with Crippen LogP contribution in [0.25, 0.3) is 11.2 Å². The second-order valence-corrected chi connectivity index (χ2v) is 4.53. The second kappa shape index (κ2) is 5.94. The summed E-state index contributed by atoms with van der Waals surface area (Å²) in [6.07, 6.45) is 0. The summed E-state index contributed by atoms with van der Waals surface area (Å²) < 4.78 is 6.75. The Labute approximate surface area is 131 Å². The van der Waals surface area contributed by atoms with Crippen molar-refractivity contribution in [2.75, 3.05) is 18.6 Å². The molecule has 0 aliphatic rings. The van der Waals surface area contributed by atoms with Crippen molar-refractivity contribution < 1.29 is 4.74 Å². The summed E-state index contributed by atoms with van der Waals surface area (Å²) in [7, 11) is 1.61. The number of ether oxygens (including phenoxy) is 1. The monoisotopic (exact) mass is 322 g/mol. The van der Waals surface area contributed by atoms with Gasteiger partial charge in [0.15, 0.2) is 11.2 Å². The van der Waals surface area contributed by atoms with Crippen LogP contribution in [-0.4, -0.2) is 26.6 Å². The summed E-state index contributed by atoms with van der Waals surface area (Å²) in [6.45, 7) is 0.433. The smallest absolute Gasteiger partial charge is 0.280 e. The number of nitrogens with two attached hydrogens (primary N) is 2. The number of H-pyrrole nitrogens is 1. The lowest BCUT2D eigenvalue weighted by atomic mass is 10.2. The van der Waals surface area contributed by atoms with Gasteiger partial charge in [0, 0.05) is 0 Å². The van der Waals surface area contributed by atoms with E-state index in [-0.39, 0.29) is 29.8 Å². The normalized spacial score (nSPS) is 10.4. The Kier molecular flexibility index (Phi) is 4.22. The topological polar surface area (TPSA) is 125 Å². The summed E-state index contributed by atoms with van der Waals surface area (Å²) in [5.41, 5.74) is 12.5. The van der Waals surface area contributed by atoms with Gasteiger partial charge in [-0.1, -0.05) is 12.1 Å². The van der Waals surface area contributed by atoms with Gasteiger partial charge in [-0.2, -0.15) is 4.98 Å². The Balaban J connectivity index is 0.00000176. The fraction of sp³-hybridized carbons (Fsp3) is 0.154. The third-order valence-corrected chi connectivity index (χ3v) is 3.15. The van der Waals surface area contributed by atoms with E-state index in [4.69, 9.17) is 16.2 Å². The molecule has 0 spiro atoms. The molecule has 0 saturated heterocycles. The third kappa shape index (κ3) is 2.68. The largest absolute Gasteiger partial charge is 0.497 e. The van der Waals surface area contributed by atoms with Gasteiger partial charge in [-0.15, -0.1) is 12.4 Å². The number of aromatic amines is 1. The highest BCUT2D eigenvalue weighted by atomic mass is 35.5. The van der Waals surface area contributed by atoms with Crippen molar-refractivity contribution in [1.82, 2.24) is 19.5 Å². The van der Waals surface area contributed by atoms with Gasteiger partial charge >= 0.3 is 0 Å². The molecule has 0 amide bonds. The summed E-state index contributed by atoms with van der Waals surface area (Å²) in [4.78, 5) is 22.3. The average molecular weight is 323 g/mol. The van der Waals surface area contributed by atoms with E-state index in [0.29, 0.717) is 12.2 Å². The van der Waals surface area contributed by atoms with E-state index >= 15 is 0 Å². The number of anilines is 2. The van der Waals surface area contributed by atoms with Gasteiger partial charge < -0.3 is 16.2 Å². The number of fused-ring (bicyclic) bond motifs is 1. The zero-order chi connectivity index (χ0) is 15.0. The highest BCUT2D eigenvalue weighted by Crippen LogP contribution is 2.17. The molecule has 3 rings (SSSR count). The molecule has 116 valence electrons. The van der Waals surface area contributed by atoms with E-state index in [1.165, 1.54) is 0 Å². The lowest BCUT2D eigenvalue weighted by Crippen LogP contribution is -2.12. The molecule has 2 aromatic heterocycles. The number of aromatic nitrogens is 4. The maximum atomic E-state index is 11.8. The number of benzene rings is 1. The summed E-state index contributed by atoms with van der Waals surface area (Å²) in [5.74, 6) is 1.01. The van der Waals surface area contributed by atoms with Crippen LogP contribution in [0.5, 0.6) is 5.75 Å². The Hall–Kier alpha value is -2.74. The van der Waals surface area contributed by atoms with Crippen LogP contribution in [0.1, 0.15) is 5.56 Å². The lowest BCUT2D eigenvalue weighted by molar-refractivity contribution is 0.414. The van der Waals surface area contributed by atoms with Gasteiger partial charge in [0.2, 0.25) is 11.9 Å². The molecule has 1 aromatic carbocycles. The summed E-state index contributed by atoms with van der Waals surface area (Å²) >= 11 is 0. The number of nitrogens with one attached hydrogen (secondary N) is 1. The Morgan fingerprint density at radius 2 is 1.91 bits per heavy atom. The number of imidazole rings is 1. The first-order chi connectivity index (χ1) is 10.1. The molecule has 0 radical (unpaired) electrons. The molecule has 22 heavy (non-hydrogen) atoms. The third-order valence-electron chi connectivity index (χ3n) is 3.15. The quantitative estimate of drug-likeness (QED) is 0.654. The Morgan fingerprint density at radius 1 is 1.23 bits per heavy atom. The van der Waals surface area contributed by atoms with E-state index in [0.717, 1.165) is 11.3 Å². The minimum atomic E-state index is -0.405. The number of nitrogen functional groups attached to an aromatic ring is 2. The van der Waals surface area contributed by atoms with Gasteiger partial charge in [0.1, 0.15) is 5.75 Å². The maximum Gasteiger partial charge on any atom is 0.280 e. The van der Waals surface area contributed by atoms with Crippen molar-refractivity contribution in [2.45, 2.75) is 6.54 Å². The van der Waals surface area contributed by atoms with Crippen LogP contribution >= 0.6 is 12.4 Å². The van der Waals surface area contributed by atoms with Crippen LogP contribution in [0.15, 0.2) is 29.1 Å². The molecular formula is C13H15ClN6O2. The van der Waals surface area contributed by atoms with Crippen LogP contribution in [-0.2, 0) is 6.54 Å². The van der Waals surface area contributed by atoms with Crippen molar-refractivity contribution in [3.8, 4) is 5.75 Å². The Morgan fingerprint density at radius 3 is 2.55 bits per heavy atom. The lowest BCUT2D eigenvalue weighted by Gasteiger charge is -2.07. The van der Waals surface area contributed by atoms with E-state index in [1.807, 2.05) is 24.3 Å². The van der Waals surface area contributed by atoms with Crippen LogP contribution in [0.2, 0.25) is 0 Å². The van der Waals surface area contributed by atoms with Crippen molar-refractivity contribution >= 4 is 35.5 Å². The molecular weight excluding hydrogens is 308 g/mol. The first-order valence-corrected chi connectivity index (χ1v) is 6.23. The molecule has 0 saturated carbocycles. The summed E-state index contributed by atoms with van der Waals surface area (Å²) in [6, 6.07) is 7.50. The molecule has 0 atom stereocenters. The first kappa shape index (κ1) is 15.6. The standard InChI is InChI=1S/C13H14N6O2.ClH/c1-21-8-4-2-7(3-5-8)6-19-10-9(16-13(19)15)11(20)18-12(14)17-10;/h2-5H,6H2,1H3,(H2,15,16)(H3,14,17,18,20);1H. The summed E-state index contributed by atoms with van der Waals surface area (Å²) in [5, 5.41) is 0. The molecule has 0 aliphatic carbocycles. The fourth-order valence-electron chi connectivity index (χ4n) is 2.11. The molecule has 0 aliphatic heterocycles. The van der Waals surface area contributed by atoms with Crippen molar-refractivity contribution in [2.24, 2.45) is 0 Å². The van der Waals surface area contributed by atoms with Crippen molar-refractivity contribution in [3.05, 3.63) is 40.2 Å². The van der Waals surface area contributed by atoms with Gasteiger partial charge in [0.05, 0.1) is 13.7 Å². The van der Waals surface area contributed by atoms with Gasteiger partial charge in [0.25, 0.3) is 5.56 Å². The van der Waals surface area contributed by atoms with Gasteiger partial charge in [-0.05, 0) is 17.7 Å². The number of nitrogens with zero attached hydrogens (tertiary/aromatic N) is 3. The molecule has 0 unspecified atom stereocenters. The minimum absolute atomic E-state index is 0. The van der Waals surface area contributed by atoms with E-state index < -0.39 is 5.56 Å². The average Bonchev–Trinajstić information content (AvgIpc) is 2.77. The number of rotatable bonds is 3. The highest BCUT2D eigenvalue weighted by Gasteiger charge is 2.13. The predicted octanol–water partition coefficient (Wildman–Crippen LogP) is 0.763. The predicted molar refractivity (Wildman–Crippen MR) is 86.3 cm³/mol. The van der Waals surface area contributed by atoms with E-state index in [9.17, 15) is 4.79 Å². The zero-order valence-corrected chi connectivity index (χ0v) is 12.6. The van der Waals surface area contributed by atoms with Gasteiger partial charge in [-0.25, -0.2) is 4.98 Å². The number of hydrogen-bond donors (Lipinski definition) is 3. The number of halogens is 1. The van der Waals surface area contributed by atoms with Crippen molar-refractivity contribution in [1.29, 1.82) is 0 Å². The molecule has 3 aromatic rings. The molecule has 8 nitrogen and oxygen atoms in total. The van der Waals surface area contributed by atoms with Crippen LogP contribution in [0.4, 0.5) is 11.9 Å². The first-order valence-electron chi connectivity index (χ1n) is 6.23. The molecule has 9 heteroatoms. The fourth-order valence-corrected chi connectivity index (χ4v) is 2.11.